The summed E-state index contributed by atoms with van der Waals surface area (Å²) in [4.78, 5) is 41.0. The molecule has 1 spiro atoms. The van der Waals surface area contributed by atoms with Crippen molar-refractivity contribution < 1.29 is 19.1 Å². The molecule has 7 heteroatoms. The molecule has 0 unspecified atom stereocenters. The molecule has 0 atom stereocenters. The molecule has 164 valence electrons. The number of rotatable bonds is 5. The number of hydrogen-bond acceptors (Lipinski definition) is 4. The van der Waals surface area contributed by atoms with Gasteiger partial charge >= 0.3 is 6.03 Å². The van der Waals surface area contributed by atoms with Gasteiger partial charge in [0.1, 0.15) is 17.8 Å². The molecule has 30 heavy (non-hydrogen) atoms. The highest BCUT2D eigenvalue weighted by Crippen LogP contribution is 2.43. The number of ether oxygens (including phenoxy) is 1. The summed E-state index contributed by atoms with van der Waals surface area (Å²) in [6.45, 7) is 6.78. The zero-order valence-electron chi connectivity index (χ0n) is 18.7. The number of hydrogen-bond donors (Lipinski definition) is 1. The first kappa shape index (κ1) is 22.1. The molecule has 1 N–H and O–H groups in total. The van der Waals surface area contributed by atoms with Crippen LogP contribution in [0, 0.1) is 11.3 Å². The third-order valence-electron chi connectivity index (χ3n) is 6.58. The maximum absolute atomic E-state index is 13.1. The van der Waals surface area contributed by atoms with Gasteiger partial charge in [-0.1, -0.05) is 32.9 Å². The average Bonchev–Trinajstić information content (AvgIpc) is 2.91. The Morgan fingerprint density at radius 1 is 1.27 bits per heavy atom. The standard InChI is InChI=1S/C23H33N3O4/c1-22(2,3)17-9-11-23(12-10-17)20(28)26(21(29)24-23)15-19(27)25(4)14-16-7-6-8-18(13-16)30-5/h6-8,13,17H,9-12,14-15H2,1-5H3,(H,24,29). The highest BCUT2D eigenvalue weighted by molar-refractivity contribution is 6.09. The molecule has 1 saturated carbocycles. The Balaban J connectivity index is 1.62. The third-order valence-corrected chi connectivity index (χ3v) is 6.58. The van der Waals surface area contributed by atoms with Crippen LogP contribution in [0.4, 0.5) is 4.79 Å². The number of benzene rings is 1. The van der Waals surface area contributed by atoms with Gasteiger partial charge in [-0.2, -0.15) is 0 Å². The van der Waals surface area contributed by atoms with Crippen molar-refractivity contribution in [2.45, 2.75) is 58.5 Å². The molecule has 1 heterocycles. The van der Waals surface area contributed by atoms with Gasteiger partial charge < -0.3 is 15.0 Å². The minimum Gasteiger partial charge on any atom is -0.497 e. The lowest BCUT2D eigenvalue weighted by Gasteiger charge is -2.40. The first-order valence-electron chi connectivity index (χ1n) is 10.6. The van der Waals surface area contributed by atoms with Gasteiger partial charge in [0, 0.05) is 13.6 Å². The van der Waals surface area contributed by atoms with E-state index in [9.17, 15) is 14.4 Å². The minimum absolute atomic E-state index is 0.186. The maximum atomic E-state index is 13.1. The highest BCUT2D eigenvalue weighted by atomic mass is 16.5. The van der Waals surface area contributed by atoms with Crippen molar-refractivity contribution in [3.63, 3.8) is 0 Å². The molecule has 7 nitrogen and oxygen atoms in total. The van der Waals surface area contributed by atoms with E-state index >= 15 is 0 Å². The van der Waals surface area contributed by atoms with Crippen LogP contribution in [0.15, 0.2) is 24.3 Å². The lowest BCUT2D eigenvalue weighted by atomic mass is 9.67. The Hall–Kier alpha value is -2.57. The van der Waals surface area contributed by atoms with Crippen LogP contribution in [0.3, 0.4) is 0 Å². The Morgan fingerprint density at radius 3 is 2.53 bits per heavy atom. The van der Waals surface area contributed by atoms with Crippen LogP contribution in [0.1, 0.15) is 52.0 Å². The van der Waals surface area contributed by atoms with Crippen LogP contribution in [0.5, 0.6) is 5.75 Å². The second-order valence-corrected chi connectivity index (χ2v) is 9.65. The molecule has 1 aliphatic carbocycles. The molecule has 1 aliphatic heterocycles. The van der Waals surface area contributed by atoms with E-state index in [2.05, 4.69) is 26.1 Å². The topological polar surface area (TPSA) is 79.0 Å². The van der Waals surface area contributed by atoms with Crippen LogP contribution in [0.25, 0.3) is 0 Å². The zero-order valence-corrected chi connectivity index (χ0v) is 18.7. The van der Waals surface area contributed by atoms with E-state index < -0.39 is 11.6 Å². The number of amides is 4. The van der Waals surface area contributed by atoms with Crippen molar-refractivity contribution >= 4 is 17.8 Å². The molecule has 1 aromatic rings. The molecule has 1 saturated heterocycles. The number of carbonyl (C=O) groups excluding carboxylic acids is 3. The number of likely N-dealkylation sites (N-methyl/N-ethyl adjacent to an activating group) is 1. The predicted octanol–water partition coefficient (Wildman–Crippen LogP) is 3.18. The van der Waals surface area contributed by atoms with Crippen molar-refractivity contribution in [1.82, 2.24) is 15.1 Å². The number of urea groups is 1. The molecule has 2 aliphatic rings. The second kappa shape index (κ2) is 8.28. The SMILES string of the molecule is COc1cccc(CN(C)C(=O)CN2C(=O)NC3(CCC(C(C)(C)C)CC3)C2=O)c1. The van der Waals surface area contributed by atoms with Crippen molar-refractivity contribution in [2.75, 3.05) is 20.7 Å². The first-order chi connectivity index (χ1) is 14.1. The van der Waals surface area contributed by atoms with E-state index in [-0.39, 0.29) is 23.8 Å². The normalized spacial score (nSPS) is 24.2. The summed E-state index contributed by atoms with van der Waals surface area (Å²) < 4.78 is 5.22. The molecular formula is C23H33N3O4. The van der Waals surface area contributed by atoms with Gasteiger partial charge in [0.2, 0.25) is 5.91 Å². The Labute approximate surface area is 178 Å². The van der Waals surface area contributed by atoms with Gasteiger partial charge in [0.15, 0.2) is 0 Å². The number of nitrogens with zero attached hydrogens (tertiary/aromatic N) is 2. The summed E-state index contributed by atoms with van der Waals surface area (Å²) in [5, 5.41) is 2.90. The molecule has 2 fully saturated rings. The Bertz CT molecular complexity index is 822. The molecule has 0 radical (unpaired) electrons. The minimum atomic E-state index is -0.843. The van der Waals surface area contributed by atoms with Crippen LogP contribution in [-0.2, 0) is 16.1 Å². The lowest BCUT2D eigenvalue weighted by molar-refractivity contribution is -0.139. The van der Waals surface area contributed by atoms with Gasteiger partial charge in [0.25, 0.3) is 5.91 Å². The molecular weight excluding hydrogens is 382 g/mol. The summed E-state index contributed by atoms with van der Waals surface area (Å²) in [5.74, 6) is 0.706. The number of nitrogens with one attached hydrogen (secondary N) is 1. The van der Waals surface area contributed by atoms with E-state index in [1.807, 2.05) is 24.3 Å². The smallest absolute Gasteiger partial charge is 0.325 e. The fourth-order valence-corrected chi connectivity index (χ4v) is 4.52. The van der Waals surface area contributed by atoms with Crippen LogP contribution in [0.2, 0.25) is 0 Å². The monoisotopic (exact) mass is 415 g/mol. The predicted molar refractivity (Wildman–Crippen MR) is 114 cm³/mol. The zero-order chi connectivity index (χ0) is 22.1. The first-order valence-corrected chi connectivity index (χ1v) is 10.6. The third kappa shape index (κ3) is 4.45. The number of imide groups is 1. The van der Waals surface area contributed by atoms with E-state index in [0.717, 1.165) is 29.1 Å². The molecule has 1 aromatic carbocycles. The molecule has 0 bridgehead atoms. The quantitative estimate of drug-likeness (QED) is 0.749. The summed E-state index contributed by atoms with van der Waals surface area (Å²) in [6.07, 6.45) is 3.05. The second-order valence-electron chi connectivity index (χ2n) is 9.65. The fourth-order valence-electron chi connectivity index (χ4n) is 4.52. The van der Waals surface area contributed by atoms with Gasteiger partial charge in [-0.25, -0.2) is 4.79 Å². The van der Waals surface area contributed by atoms with Gasteiger partial charge in [-0.15, -0.1) is 0 Å². The van der Waals surface area contributed by atoms with Gasteiger partial charge in [-0.3, -0.25) is 14.5 Å². The molecule has 0 aromatic heterocycles. The summed E-state index contributed by atoms with van der Waals surface area (Å²) >= 11 is 0. The van der Waals surface area contributed by atoms with E-state index in [0.29, 0.717) is 25.3 Å². The van der Waals surface area contributed by atoms with E-state index in [1.165, 1.54) is 4.90 Å². The largest absolute Gasteiger partial charge is 0.497 e. The fraction of sp³-hybridized carbons (Fsp3) is 0.609. The van der Waals surface area contributed by atoms with Crippen LogP contribution >= 0.6 is 0 Å². The van der Waals surface area contributed by atoms with E-state index in [1.54, 1.807) is 14.2 Å². The van der Waals surface area contributed by atoms with Crippen LogP contribution < -0.4 is 10.1 Å². The van der Waals surface area contributed by atoms with Crippen molar-refractivity contribution in [2.24, 2.45) is 11.3 Å². The van der Waals surface area contributed by atoms with Crippen molar-refractivity contribution in [3.05, 3.63) is 29.8 Å². The summed E-state index contributed by atoms with van der Waals surface area (Å²) in [6, 6.07) is 7.01. The van der Waals surface area contributed by atoms with Crippen molar-refractivity contribution in [1.29, 1.82) is 0 Å². The highest BCUT2D eigenvalue weighted by Gasteiger charge is 2.53. The summed E-state index contributed by atoms with van der Waals surface area (Å²) in [5.41, 5.74) is 0.260. The van der Waals surface area contributed by atoms with Gasteiger partial charge in [-0.05, 0) is 54.7 Å². The lowest BCUT2D eigenvalue weighted by Crippen LogP contribution is -2.51. The average molecular weight is 416 g/mol. The van der Waals surface area contributed by atoms with E-state index in [4.69, 9.17) is 4.74 Å². The summed E-state index contributed by atoms with van der Waals surface area (Å²) in [7, 11) is 3.26. The number of carbonyl (C=O) groups is 3. The van der Waals surface area contributed by atoms with Crippen LogP contribution in [-0.4, -0.2) is 53.9 Å². The molecule has 3 rings (SSSR count). The van der Waals surface area contributed by atoms with Crippen molar-refractivity contribution in [3.8, 4) is 5.75 Å². The molecule has 4 amide bonds. The number of methoxy groups -OCH3 is 1. The maximum Gasteiger partial charge on any atom is 0.325 e. The Kier molecular flexibility index (Phi) is 6.11. The Morgan fingerprint density at radius 2 is 1.93 bits per heavy atom. The van der Waals surface area contributed by atoms with Gasteiger partial charge in [0.05, 0.1) is 7.11 Å².